The molecule has 0 spiro atoms. The summed E-state index contributed by atoms with van der Waals surface area (Å²) in [5.74, 6) is 0. The molecule has 0 saturated heterocycles. The van der Waals surface area contributed by atoms with Crippen LogP contribution in [0.2, 0.25) is 0 Å². The predicted molar refractivity (Wildman–Crippen MR) is 65.9 cm³/mol. The Hall–Kier alpha value is 0.300. The van der Waals surface area contributed by atoms with Crippen LogP contribution in [0, 0.1) is 0 Å². The Morgan fingerprint density at radius 3 is 1.29 bits per heavy atom. The van der Waals surface area contributed by atoms with Crippen LogP contribution in [-0.4, -0.2) is 24.5 Å². The van der Waals surface area contributed by atoms with Gasteiger partial charge in [0.15, 0.2) is 4.90 Å². The van der Waals surface area contributed by atoms with Gasteiger partial charge in [0.05, 0.1) is 0 Å². The molecule has 8 heteroatoms. The molecule has 0 aliphatic carbocycles. The molecule has 4 N–H and O–H groups in total. The fraction of sp³-hybridized carbons (Fsp3) is 1.00. The lowest BCUT2D eigenvalue weighted by Crippen LogP contribution is -2.29. The summed E-state index contributed by atoms with van der Waals surface area (Å²) in [6, 6.07) is 0. The molecule has 0 rings (SSSR count). The van der Waals surface area contributed by atoms with Gasteiger partial charge in [0.1, 0.15) is 0 Å². The van der Waals surface area contributed by atoms with Crippen LogP contribution in [0.1, 0.15) is 52.4 Å². The van der Waals surface area contributed by atoms with Crippen LogP contribution in [-0.2, 0) is 9.13 Å². The van der Waals surface area contributed by atoms with Gasteiger partial charge < -0.3 is 19.6 Å². The van der Waals surface area contributed by atoms with Gasteiger partial charge in [0, 0.05) is 0 Å². The van der Waals surface area contributed by atoms with Gasteiger partial charge in [-0.25, -0.2) is 0 Å². The summed E-state index contributed by atoms with van der Waals surface area (Å²) in [5, 5.41) is 0. The quantitative estimate of drug-likeness (QED) is 0.510. The number of hydrogen-bond donors (Lipinski definition) is 4. The topological polar surface area (TPSA) is 115 Å². The van der Waals surface area contributed by atoms with E-state index in [0.717, 1.165) is 0 Å². The van der Waals surface area contributed by atoms with Gasteiger partial charge in [0.2, 0.25) is 0 Å². The summed E-state index contributed by atoms with van der Waals surface area (Å²) in [6.07, 6.45) is 1.76. The second-order valence-corrected chi connectivity index (χ2v) is 8.52. The highest BCUT2D eigenvalue weighted by Gasteiger charge is 2.58. The molecule has 0 atom stereocenters. The van der Waals surface area contributed by atoms with Crippen molar-refractivity contribution in [2.24, 2.45) is 0 Å². The fourth-order valence-corrected chi connectivity index (χ4v) is 4.95. The molecule has 0 aliphatic rings. The second-order valence-electron chi connectivity index (χ2n) is 4.28. The zero-order valence-corrected chi connectivity index (χ0v) is 12.0. The number of rotatable bonds is 8. The summed E-state index contributed by atoms with van der Waals surface area (Å²) in [4.78, 5) is 35.2. The molecule has 0 aromatic carbocycles. The van der Waals surface area contributed by atoms with E-state index in [0.29, 0.717) is 25.7 Å². The fourth-order valence-electron chi connectivity index (χ4n) is 1.80. The standard InChI is InChI=1S/C9H22O6P2/c1-3-5-7-9(8-6-4-2,16(10,11)12)17(13,14)15/h3-8H2,1-2H3,(H2,10,11,12)(H2,13,14,15). The first-order chi connectivity index (χ1) is 7.62. The molecular formula is C9H22O6P2. The molecule has 0 aromatic heterocycles. The summed E-state index contributed by atoms with van der Waals surface area (Å²) >= 11 is 0. The molecule has 17 heavy (non-hydrogen) atoms. The predicted octanol–water partition coefficient (Wildman–Crippen LogP) is 2.42. The molecule has 0 radical (unpaired) electrons. The van der Waals surface area contributed by atoms with E-state index in [1.807, 2.05) is 13.8 Å². The van der Waals surface area contributed by atoms with Crippen LogP contribution >= 0.6 is 15.2 Å². The molecular weight excluding hydrogens is 266 g/mol. The molecule has 0 bridgehead atoms. The molecule has 0 heterocycles. The van der Waals surface area contributed by atoms with Crippen molar-refractivity contribution in [1.29, 1.82) is 0 Å². The van der Waals surface area contributed by atoms with Gasteiger partial charge in [-0.1, -0.05) is 39.5 Å². The SMILES string of the molecule is CCCCC(CCCC)(P(=O)(O)O)P(=O)(O)O. The van der Waals surface area contributed by atoms with E-state index in [2.05, 4.69) is 0 Å². The molecule has 0 unspecified atom stereocenters. The van der Waals surface area contributed by atoms with Gasteiger partial charge in [0.25, 0.3) is 0 Å². The zero-order chi connectivity index (χ0) is 13.7. The van der Waals surface area contributed by atoms with Crippen LogP contribution in [0.5, 0.6) is 0 Å². The van der Waals surface area contributed by atoms with E-state index in [1.54, 1.807) is 0 Å². The Balaban J connectivity index is 5.39. The van der Waals surface area contributed by atoms with E-state index < -0.39 is 20.1 Å². The Kier molecular flexibility index (Phi) is 6.58. The third kappa shape index (κ3) is 4.16. The summed E-state index contributed by atoms with van der Waals surface area (Å²) < 4.78 is 23.0. The summed E-state index contributed by atoms with van der Waals surface area (Å²) in [5.41, 5.74) is 0. The second kappa shape index (κ2) is 6.46. The van der Waals surface area contributed by atoms with Crippen molar-refractivity contribution < 1.29 is 28.7 Å². The highest BCUT2D eigenvalue weighted by Crippen LogP contribution is 2.72. The Morgan fingerprint density at radius 2 is 1.12 bits per heavy atom. The Bertz CT molecular complexity index is 285. The van der Waals surface area contributed by atoms with Gasteiger partial charge in [-0.15, -0.1) is 0 Å². The third-order valence-electron chi connectivity index (χ3n) is 2.95. The van der Waals surface area contributed by atoms with Crippen molar-refractivity contribution >= 4 is 15.2 Å². The normalized spacial score (nSPS) is 14.0. The van der Waals surface area contributed by atoms with E-state index in [4.69, 9.17) is 0 Å². The van der Waals surface area contributed by atoms with E-state index in [1.165, 1.54) is 0 Å². The lowest BCUT2D eigenvalue weighted by Gasteiger charge is -2.34. The molecule has 0 amide bonds. The van der Waals surface area contributed by atoms with Crippen molar-refractivity contribution in [1.82, 2.24) is 0 Å². The van der Waals surface area contributed by atoms with Crippen molar-refractivity contribution in [3.8, 4) is 0 Å². The van der Waals surface area contributed by atoms with Crippen LogP contribution in [0.15, 0.2) is 0 Å². The first-order valence-corrected chi connectivity index (χ1v) is 8.96. The Labute approximate surface area is 102 Å². The van der Waals surface area contributed by atoms with Crippen molar-refractivity contribution in [3.05, 3.63) is 0 Å². The Morgan fingerprint density at radius 1 is 0.824 bits per heavy atom. The van der Waals surface area contributed by atoms with Gasteiger partial charge in [-0.2, -0.15) is 0 Å². The highest BCUT2D eigenvalue weighted by molar-refractivity contribution is 7.72. The van der Waals surface area contributed by atoms with E-state index >= 15 is 0 Å². The van der Waals surface area contributed by atoms with E-state index in [-0.39, 0.29) is 12.8 Å². The van der Waals surface area contributed by atoms with Gasteiger partial charge in [-0.05, 0) is 12.8 Å². The lowest BCUT2D eigenvalue weighted by molar-refractivity contribution is 0.290. The molecule has 0 aliphatic heterocycles. The number of unbranched alkanes of at least 4 members (excludes halogenated alkanes) is 2. The van der Waals surface area contributed by atoms with E-state index in [9.17, 15) is 28.7 Å². The summed E-state index contributed by atoms with van der Waals surface area (Å²) in [6.45, 7) is 3.62. The minimum atomic E-state index is -4.85. The van der Waals surface area contributed by atoms with Gasteiger partial charge in [-0.3, -0.25) is 9.13 Å². The molecule has 0 saturated carbocycles. The van der Waals surface area contributed by atoms with Crippen molar-refractivity contribution in [2.75, 3.05) is 0 Å². The number of hydrogen-bond acceptors (Lipinski definition) is 2. The zero-order valence-electron chi connectivity index (χ0n) is 10.2. The minimum absolute atomic E-state index is 0.141. The average molecular weight is 288 g/mol. The smallest absolute Gasteiger partial charge is 0.324 e. The third-order valence-corrected chi connectivity index (χ3v) is 7.57. The molecule has 104 valence electrons. The molecule has 0 aromatic rings. The summed E-state index contributed by atoms with van der Waals surface area (Å²) in [7, 11) is -9.70. The highest BCUT2D eigenvalue weighted by atomic mass is 31.2. The van der Waals surface area contributed by atoms with Crippen molar-refractivity contribution in [3.63, 3.8) is 0 Å². The first kappa shape index (κ1) is 17.3. The van der Waals surface area contributed by atoms with Crippen molar-refractivity contribution in [2.45, 2.75) is 57.3 Å². The molecule has 0 fully saturated rings. The van der Waals surface area contributed by atoms with Gasteiger partial charge >= 0.3 is 15.2 Å². The maximum atomic E-state index is 11.5. The maximum Gasteiger partial charge on any atom is 0.343 e. The monoisotopic (exact) mass is 288 g/mol. The molecule has 6 nitrogen and oxygen atoms in total. The van der Waals surface area contributed by atoms with Crippen LogP contribution in [0.4, 0.5) is 0 Å². The largest absolute Gasteiger partial charge is 0.343 e. The average Bonchev–Trinajstić information content (AvgIpc) is 2.14. The van der Waals surface area contributed by atoms with Crippen LogP contribution < -0.4 is 0 Å². The minimum Gasteiger partial charge on any atom is -0.324 e. The van der Waals surface area contributed by atoms with Crippen LogP contribution in [0.3, 0.4) is 0 Å². The maximum absolute atomic E-state index is 11.5. The van der Waals surface area contributed by atoms with Crippen LogP contribution in [0.25, 0.3) is 0 Å². The lowest BCUT2D eigenvalue weighted by atomic mass is 10.1. The first-order valence-electron chi connectivity index (χ1n) is 5.73.